The number of nitrogens with two attached hydrogens (primary N) is 1. The zero-order valence-electron chi connectivity index (χ0n) is 10.5. The fraction of sp³-hybridized carbons (Fsp3) is 0.0667. The number of ether oxygens (including phenoxy) is 1. The van der Waals surface area contributed by atoms with Crippen LogP contribution in [0.1, 0.15) is 0 Å². The van der Waals surface area contributed by atoms with Crippen LogP contribution in [0.3, 0.4) is 0 Å². The lowest BCUT2D eigenvalue weighted by atomic mass is 10.0. The van der Waals surface area contributed by atoms with Gasteiger partial charge in [-0.1, -0.05) is 18.2 Å². The second-order valence-corrected chi connectivity index (χ2v) is 4.26. The molecule has 4 heteroatoms. The van der Waals surface area contributed by atoms with Crippen molar-refractivity contribution in [2.24, 2.45) is 0 Å². The molecule has 0 saturated heterocycles. The lowest BCUT2D eigenvalue weighted by molar-refractivity contribution is 0.415. The Labute approximate surface area is 110 Å². The summed E-state index contributed by atoms with van der Waals surface area (Å²) in [4.78, 5) is 8.14. The van der Waals surface area contributed by atoms with Gasteiger partial charge in [-0.25, -0.2) is 9.97 Å². The highest BCUT2D eigenvalue weighted by Gasteiger charge is 2.03. The van der Waals surface area contributed by atoms with Crippen molar-refractivity contribution in [3.63, 3.8) is 0 Å². The summed E-state index contributed by atoms with van der Waals surface area (Å²) in [6.07, 6.45) is 1.48. The van der Waals surface area contributed by atoms with Crippen LogP contribution in [0.25, 0.3) is 22.0 Å². The Bertz CT molecular complexity index is 740. The Hall–Kier alpha value is -2.62. The van der Waals surface area contributed by atoms with Crippen LogP contribution >= 0.6 is 0 Å². The van der Waals surface area contributed by atoms with Crippen molar-refractivity contribution < 1.29 is 4.74 Å². The molecule has 0 atom stereocenters. The number of nitrogens with zero attached hydrogens (tertiary/aromatic N) is 2. The van der Waals surface area contributed by atoms with Crippen molar-refractivity contribution in [1.82, 2.24) is 9.97 Å². The molecule has 0 aliphatic heterocycles. The molecule has 19 heavy (non-hydrogen) atoms. The molecule has 4 nitrogen and oxygen atoms in total. The van der Waals surface area contributed by atoms with E-state index in [2.05, 4.69) is 16.0 Å². The Morgan fingerprint density at radius 3 is 2.53 bits per heavy atom. The summed E-state index contributed by atoms with van der Waals surface area (Å²) in [6.45, 7) is 0. The zero-order valence-corrected chi connectivity index (χ0v) is 10.5. The summed E-state index contributed by atoms with van der Waals surface area (Å²) in [6, 6.07) is 13.9. The molecule has 1 heterocycles. The first kappa shape index (κ1) is 11.5. The van der Waals surface area contributed by atoms with Crippen LogP contribution in [-0.4, -0.2) is 17.1 Å². The summed E-state index contributed by atoms with van der Waals surface area (Å²) in [5.41, 5.74) is 7.52. The number of fused-ring (bicyclic) bond motifs is 1. The van der Waals surface area contributed by atoms with Crippen LogP contribution in [-0.2, 0) is 0 Å². The summed E-state index contributed by atoms with van der Waals surface area (Å²) in [7, 11) is 1.67. The van der Waals surface area contributed by atoms with Crippen LogP contribution in [0.2, 0.25) is 0 Å². The quantitative estimate of drug-likeness (QED) is 0.760. The summed E-state index contributed by atoms with van der Waals surface area (Å²) in [5, 5.41) is 2.26. The normalized spacial score (nSPS) is 10.6. The fourth-order valence-corrected chi connectivity index (χ4v) is 2.04. The van der Waals surface area contributed by atoms with Gasteiger partial charge in [0.05, 0.1) is 12.8 Å². The molecule has 1 aromatic heterocycles. The first-order valence-electron chi connectivity index (χ1n) is 5.92. The number of anilines is 1. The second-order valence-electron chi connectivity index (χ2n) is 4.26. The lowest BCUT2D eigenvalue weighted by Crippen LogP contribution is -1.92. The second kappa shape index (κ2) is 4.57. The molecular weight excluding hydrogens is 238 g/mol. The number of hydrogen-bond donors (Lipinski definition) is 1. The van der Waals surface area contributed by atoms with Gasteiger partial charge in [-0.15, -0.1) is 0 Å². The van der Waals surface area contributed by atoms with Gasteiger partial charge in [0.25, 0.3) is 0 Å². The topological polar surface area (TPSA) is 61.0 Å². The average molecular weight is 251 g/mol. The van der Waals surface area contributed by atoms with Crippen LogP contribution in [0, 0.1) is 0 Å². The van der Waals surface area contributed by atoms with Crippen LogP contribution < -0.4 is 10.5 Å². The minimum Gasteiger partial charge on any atom is -0.497 e. The maximum atomic E-state index is 5.68. The summed E-state index contributed by atoms with van der Waals surface area (Å²) in [5.74, 6) is 1.33. The molecule has 2 N–H and O–H groups in total. The van der Waals surface area contributed by atoms with Crippen LogP contribution in [0.4, 0.5) is 5.82 Å². The molecular formula is C15H13N3O. The predicted molar refractivity (Wildman–Crippen MR) is 75.9 cm³/mol. The average Bonchev–Trinajstić information content (AvgIpc) is 2.46. The van der Waals surface area contributed by atoms with Crippen molar-refractivity contribution in [1.29, 1.82) is 0 Å². The van der Waals surface area contributed by atoms with E-state index in [-0.39, 0.29) is 0 Å². The van der Waals surface area contributed by atoms with Gasteiger partial charge in [-0.2, -0.15) is 0 Å². The van der Waals surface area contributed by atoms with Gasteiger partial charge in [0.1, 0.15) is 17.9 Å². The van der Waals surface area contributed by atoms with Crippen molar-refractivity contribution in [2.75, 3.05) is 12.8 Å². The molecule has 0 unspecified atom stereocenters. The molecule has 0 aliphatic carbocycles. The van der Waals surface area contributed by atoms with Crippen molar-refractivity contribution in [2.45, 2.75) is 0 Å². The fourth-order valence-electron chi connectivity index (χ4n) is 2.04. The zero-order chi connectivity index (χ0) is 13.2. The molecule has 0 amide bonds. The number of methoxy groups -OCH3 is 1. The van der Waals surface area contributed by atoms with Gasteiger partial charge in [0, 0.05) is 11.6 Å². The highest BCUT2D eigenvalue weighted by Crippen LogP contribution is 2.26. The van der Waals surface area contributed by atoms with E-state index < -0.39 is 0 Å². The van der Waals surface area contributed by atoms with E-state index in [9.17, 15) is 0 Å². The number of hydrogen-bond acceptors (Lipinski definition) is 4. The monoisotopic (exact) mass is 251 g/mol. The van der Waals surface area contributed by atoms with Crippen LogP contribution in [0.5, 0.6) is 5.75 Å². The molecule has 0 aliphatic rings. The van der Waals surface area contributed by atoms with Gasteiger partial charge in [-0.3, -0.25) is 0 Å². The van der Waals surface area contributed by atoms with E-state index in [0.29, 0.717) is 5.82 Å². The largest absolute Gasteiger partial charge is 0.497 e. The molecule has 0 fully saturated rings. The third-order valence-corrected chi connectivity index (χ3v) is 3.03. The third kappa shape index (κ3) is 2.20. The molecule has 0 bridgehead atoms. The van der Waals surface area contributed by atoms with Gasteiger partial charge < -0.3 is 10.5 Å². The highest BCUT2D eigenvalue weighted by atomic mass is 16.5. The summed E-state index contributed by atoms with van der Waals surface area (Å²) >= 11 is 0. The van der Waals surface area contributed by atoms with E-state index in [0.717, 1.165) is 27.8 Å². The van der Waals surface area contributed by atoms with Gasteiger partial charge in [0.2, 0.25) is 0 Å². The number of benzene rings is 2. The molecule has 94 valence electrons. The van der Waals surface area contributed by atoms with Gasteiger partial charge in [-0.05, 0) is 29.0 Å². The Morgan fingerprint density at radius 1 is 0.947 bits per heavy atom. The van der Waals surface area contributed by atoms with Crippen molar-refractivity contribution >= 4 is 16.6 Å². The van der Waals surface area contributed by atoms with E-state index in [1.807, 2.05) is 30.3 Å². The maximum absolute atomic E-state index is 5.68. The highest BCUT2D eigenvalue weighted by molar-refractivity contribution is 5.88. The van der Waals surface area contributed by atoms with Gasteiger partial charge >= 0.3 is 0 Å². The maximum Gasteiger partial charge on any atom is 0.127 e. The SMILES string of the molecule is COc1ccc2cc(-c3cc(N)ncn3)ccc2c1. The van der Waals surface area contributed by atoms with E-state index in [4.69, 9.17) is 10.5 Å². The van der Waals surface area contributed by atoms with E-state index in [1.54, 1.807) is 13.2 Å². The minimum absolute atomic E-state index is 0.472. The van der Waals surface area contributed by atoms with Crippen molar-refractivity contribution in [3.8, 4) is 17.0 Å². The lowest BCUT2D eigenvalue weighted by Gasteiger charge is -2.05. The molecule has 3 rings (SSSR count). The van der Waals surface area contributed by atoms with Gasteiger partial charge in [0.15, 0.2) is 0 Å². The Morgan fingerprint density at radius 2 is 1.74 bits per heavy atom. The smallest absolute Gasteiger partial charge is 0.127 e. The number of rotatable bonds is 2. The van der Waals surface area contributed by atoms with Crippen molar-refractivity contribution in [3.05, 3.63) is 48.8 Å². The predicted octanol–water partition coefficient (Wildman–Crippen LogP) is 2.89. The van der Waals surface area contributed by atoms with E-state index >= 15 is 0 Å². The third-order valence-electron chi connectivity index (χ3n) is 3.03. The molecule has 0 spiro atoms. The molecule has 2 aromatic carbocycles. The Kier molecular flexibility index (Phi) is 2.76. The molecule has 0 radical (unpaired) electrons. The van der Waals surface area contributed by atoms with Crippen LogP contribution in [0.15, 0.2) is 48.8 Å². The minimum atomic E-state index is 0.472. The summed E-state index contributed by atoms with van der Waals surface area (Å²) < 4.78 is 5.22. The molecule has 3 aromatic rings. The first-order valence-corrected chi connectivity index (χ1v) is 5.92. The van der Waals surface area contributed by atoms with E-state index in [1.165, 1.54) is 6.33 Å². The first-order chi connectivity index (χ1) is 9.26. The molecule has 0 saturated carbocycles. The number of aromatic nitrogens is 2. The Balaban J connectivity index is 2.11. The standard InChI is InChI=1S/C15H13N3O/c1-19-13-5-4-10-6-12(3-2-11(10)7-13)14-8-15(16)18-9-17-14/h2-9H,1H3,(H2,16,17,18). The number of nitrogen functional groups attached to an aromatic ring is 1.